The molecule has 1 aromatic heterocycles. The van der Waals surface area contributed by atoms with E-state index in [-0.39, 0.29) is 17.4 Å². The molecule has 1 atom stereocenters. The Kier molecular flexibility index (Phi) is 4.83. The van der Waals surface area contributed by atoms with Crippen molar-refractivity contribution < 1.29 is 9.53 Å². The third kappa shape index (κ3) is 4.17. The molecule has 1 aliphatic heterocycles. The molecule has 2 rings (SSSR count). The van der Waals surface area contributed by atoms with E-state index in [9.17, 15) is 4.79 Å². The molecule has 116 valence electrons. The van der Waals surface area contributed by atoms with Crippen LogP contribution >= 0.6 is 0 Å². The molecule has 0 bridgehead atoms. The first-order chi connectivity index (χ1) is 9.88. The van der Waals surface area contributed by atoms with Crippen LogP contribution in [0.5, 0.6) is 0 Å². The second-order valence-corrected chi connectivity index (χ2v) is 6.49. The van der Waals surface area contributed by atoms with Gasteiger partial charge in [-0.3, -0.25) is 4.79 Å². The first-order valence-electron chi connectivity index (χ1n) is 7.47. The van der Waals surface area contributed by atoms with Gasteiger partial charge in [-0.25, -0.2) is 4.98 Å². The number of pyridine rings is 1. The third-order valence-corrected chi connectivity index (χ3v) is 3.69. The number of ether oxygens (including phenoxy) is 1. The highest BCUT2D eigenvalue weighted by molar-refractivity contribution is 5.84. The van der Waals surface area contributed by atoms with Gasteiger partial charge in [0.1, 0.15) is 11.9 Å². The molecule has 1 aromatic rings. The zero-order valence-electron chi connectivity index (χ0n) is 13.3. The number of hydrogen-bond donors (Lipinski definition) is 1. The summed E-state index contributed by atoms with van der Waals surface area (Å²) in [5.41, 5.74) is 1.26. The van der Waals surface area contributed by atoms with Gasteiger partial charge in [0.05, 0.1) is 13.2 Å². The Morgan fingerprint density at radius 2 is 2.00 bits per heavy atom. The van der Waals surface area contributed by atoms with Crippen LogP contribution in [0.15, 0.2) is 18.3 Å². The van der Waals surface area contributed by atoms with Crippen LogP contribution < -0.4 is 5.32 Å². The largest absolute Gasteiger partial charge is 0.378 e. The molecule has 1 saturated heterocycles. The van der Waals surface area contributed by atoms with Crippen LogP contribution in [0.2, 0.25) is 0 Å². The van der Waals surface area contributed by atoms with Gasteiger partial charge >= 0.3 is 0 Å². The predicted molar refractivity (Wildman–Crippen MR) is 83.4 cm³/mol. The van der Waals surface area contributed by atoms with Crippen LogP contribution in [0.3, 0.4) is 0 Å². The minimum atomic E-state index is -0.281. The fourth-order valence-corrected chi connectivity index (χ4v) is 2.26. The Balaban J connectivity index is 1.95. The van der Waals surface area contributed by atoms with E-state index in [0.717, 1.165) is 5.82 Å². The van der Waals surface area contributed by atoms with Gasteiger partial charge in [-0.2, -0.15) is 0 Å². The highest BCUT2D eigenvalue weighted by Crippen LogP contribution is 2.22. The van der Waals surface area contributed by atoms with E-state index in [4.69, 9.17) is 4.74 Å². The van der Waals surface area contributed by atoms with Crippen molar-refractivity contribution in [3.63, 3.8) is 0 Å². The van der Waals surface area contributed by atoms with Crippen LogP contribution in [0.25, 0.3) is 0 Å². The summed E-state index contributed by atoms with van der Waals surface area (Å²) in [7, 11) is 0. The highest BCUT2D eigenvalue weighted by atomic mass is 16.5. The molecule has 1 unspecified atom stereocenters. The fourth-order valence-electron chi connectivity index (χ4n) is 2.26. The van der Waals surface area contributed by atoms with Crippen molar-refractivity contribution in [1.29, 1.82) is 0 Å². The summed E-state index contributed by atoms with van der Waals surface area (Å²) >= 11 is 0. The lowest BCUT2D eigenvalue weighted by atomic mass is 9.88. The summed E-state index contributed by atoms with van der Waals surface area (Å²) in [6, 6.07) is 3.71. The molecule has 1 aliphatic rings. The predicted octanol–water partition coefficient (Wildman–Crippen LogP) is 2.04. The van der Waals surface area contributed by atoms with Crippen molar-refractivity contribution in [3.05, 3.63) is 23.9 Å². The SMILES string of the molecule is CC(Nc1ccc(C(C)(C)C)cn1)C(=O)N1CCOCC1. The summed E-state index contributed by atoms with van der Waals surface area (Å²) in [6.07, 6.45) is 1.87. The van der Waals surface area contributed by atoms with Gasteiger partial charge in [-0.15, -0.1) is 0 Å². The van der Waals surface area contributed by atoms with Crippen molar-refractivity contribution in [3.8, 4) is 0 Å². The Bertz CT molecular complexity index is 473. The molecule has 5 nitrogen and oxygen atoms in total. The zero-order valence-corrected chi connectivity index (χ0v) is 13.3. The molecule has 0 aromatic carbocycles. The van der Waals surface area contributed by atoms with Gasteiger partial charge in [0, 0.05) is 19.3 Å². The Hall–Kier alpha value is -1.62. The number of hydrogen-bond acceptors (Lipinski definition) is 4. The lowest BCUT2D eigenvalue weighted by molar-refractivity contribution is -0.135. The number of anilines is 1. The molecule has 1 N–H and O–H groups in total. The average molecular weight is 291 g/mol. The molecule has 0 saturated carbocycles. The molecule has 1 amide bonds. The third-order valence-electron chi connectivity index (χ3n) is 3.69. The number of carbonyl (C=O) groups is 1. The normalized spacial score (nSPS) is 17.4. The lowest BCUT2D eigenvalue weighted by Crippen LogP contribution is -2.47. The second-order valence-electron chi connectivity index (χ2n) is 6.49. The quantitative estimate of drug-likeness (QED) is 0.926. The van der Waals surface area contributed by atoms with E-state index < -0.39 is 0 Å². The van der Waals surface area contributed by atoms with Crippen molar-refractivity contribution in [1.82, 2.24) is 9.88 Å². The van der Waals surface area contributed by atoms with Gasteiger partial charge in [0.2, 0.25) is 5.91 Å². The van der Waals surface area contributed by atoms with Crippen LogP contribution in [-0.4, -0.2) is 48.1 Å². The summed E-state index contributed by atoms with van der Waals surface area (Å²) in [4.78, 5) is 18.6. The van der Waals surface area contributed by atoms with E-state index in [1.54, 1.807) is 0 Å². The maximum absolute atomic E-state index is 12.3. The minimum absolute atomic E-state index is 0.0841. The molecule has 21 heavy (non-hydrogen) atoms. The molecule has 2 heterocycles. The highest BCUT2D eigenvalue weighted by Gasteiger charge is 2.22. The molecule has 1 fully saturated rings. The van der Waals surface area contributed by atoms with E-state index in [1.165, 1.54) is 5.56 Å². The number of aromatic nitrogens is 1. The van der Waals surface area contributed by atoms with E-state index in [0.29, 0.717) is 26.3 Å². The molecule has 5 heteroatoms. The maximum atomic E-state index is 12.3. The number of amides is 1. The van der Waals surface area contributed by atoms with E-state index in [2.05, 4.69) is 37.1 Å². The minimum Gasteiger partial charge on any atom is -0.378 e. The first kappa shape index (κ1) is 15.8. The molecule has 0 radical (unpaired) electrons. The Morgan fingerprint density at radius 1 is 1.33 bits per heavy atom. The number of nitrogens with one attached hydrogen (secondary N) is 1. The van der Waals surface area contributed by atoms with Gasteiger partial charge in [0.25, 0.3) is 0 Å². The van der Waals surface area contributed by atoms with Gasteiger partial charge in [-0.05, 0) is 24.0 Å². The number of rotatable bonds is 3. The maximum Gasteiger partial charge on any atom is 0.244 e. The molecular weight excluding hydrogens is 266 g/mol. The number of morpholine rings is 1. The number of carbonyl (C=O) groups excluding carboxylic acids is 1. The second kappa shape index (κ2) is 6.43. The standard InChI is InChI=1S/C16H25N3O2/c1-12(15(20)19-7-9-21-10-8-19)18-14-6-5-13(11-17-14)16(2,3)4/h5-6,11-12H,7-10H2,1-4H3,(H,17,18). The van der Waals surface area contributed by atoms with Crippen LogP contribution in [0.4, 0.5) is 5.82 Å². The van der Waals surface area contributed by atoms with E-state index in [1.807, 2.05) is 24.1 Å². The smallest absolute Gasteiger partial charge is 0.244 e. The van der Waals surface area contributed by atoms with Crippen molar-refractivity contribution in [2.75, 3.05) is 31.6 Å². The molecular formula is C16H25N3O2. The Morgan fingerprint density at radius 3 is 2.52 bits per heavy atom. The average Bonchev–Trinajstić information content (AvgIpc) is 2.47. The molecule has 0 spiro atoms. The summed E-state index contributed by atoms with van der Waals surface area (Å²) < 4.78 is 5.27. The van der Waals surface area contributed by atoms with Gasteiger partial charge in [0.15, 0.2) is 0 Å². The van der Waals surface area contributed by atoms with Gasteiger partial charge in [-0.1, -0.05) is 26.8 Å². The first-order valence-corrected chi connectivity index (χ1v) is 7.47. The lowest BCUT2D eigenvalue weighted by Gasteiger charge is -2.29. The van der Waals surface area contributed by atoms with Crippen LogP contribution in [0.1, 0.15) is 33.3 Å². The number of nitrogens with zero attached hydrogens (tertiary/aromatic N) is 2. The molecule has 0 aliphatic carbocycles. The summed E-state index contributed by atoms with van der Waals surface area (Å²) in [5.74, 6) is 0.831. The summed E-state index contributed by atoms with van der Waals surface area (Å²) in [5, 5.41) is 3.17. The topological polar surface area (TPSA) is 54.5 Å². The zero-order chi connectivity index (χ0) is 15.5. The fraction of sp³-hybridized carbons (Fsp3) is 0.625. The monoisotopic (exact) mass is 291 g/mol. The van der Waals surface area contributed by atoms with E-state index >= 15 is 0 Å². The van der Waals surface area contributed by atoms with Gasteiger partial charge < -0.3 is 15.0 Å². The Labute approximate surface area is 126 Å². The van der Waals surface area contributed by atoms with Crippen molar-refractivity contribution in [2.24, 2.45) is 0 Å². The summed E-state index contributed by atoms with van der Waals surface area (Å²) in [6.45, 7) is 10.9. The van der Waals surface area contributed by atoms with Crippen molar-refractivity contribution in [2.45, 2.75) is 39.2 Å². The van der Waals surface area contributed by atoms with Crippen LogP contribution in [0, 0.1) is 0 Å². The van der Waals surface area contributed by atoms with Crippen molar-refractivity contribution >= 4 is 11.7 Å². The van der Waals surface area contributed by atoms with Crippen LogP contribution in [-0.2, 0) is 14.9 Å².